The highest BCUT2D eigenvalue weighted by Gasteiger charge is 2.07. The zero-order chi connectivity index (χ0) is 11.7. The minimum atomic E-state index is -0.0660. The molecule has 0 saturated carbocycles. The summed E-state index contributed by atoms with van der Waals surface area (Å²) in [6.45, 7) is 6.55. The molecule has 0 heterocycles. The number of nitrogens with zero attached hydrogens (tertiary/aromatic N) is 2. The number of hydrogen-bond donors (Lipinski definition) is 2. The van der Waals surface area contributed by atoms with Crippen molar-refractivity contribution in [1.82, 2.24) is 9.80 Å². The third kappa shape index (κ3) is 8.81. The van der Waals surface area contributed by atoms with Crippen LogP contribution in [-0.4, -0.2) is 67.8 Å². The summed E-state index contributed by atoms with van der Waals surface area (Å²) in [5, 5.41) is 8.84. The second-order valence-electron chi connectivity index (χ2n) is 4.38. The van der Waals surface area contributed by atoms with E-state index in [-0.39, 0.29) is 12.6 Å². The van der Waals surface area contributed by atoms with Crippen molar-refractivity contribution < 1.29 is 5.11 Å². The predicted octanol–water partition coefficient (Wildman–Crippen LogP) is -0.0303. The fourth-order valence-corrected chi connectivity index (χ4v) is 1.43. The molecule has 0 aliphatic heterocycles. The van der Waals surface area contributed by atoms with E-state index in [0.29, 0.717) is 0 Å². The Balaban J connectivity index is 3.72. The largest absolute Gasteiger partial charge is 0.395 e. The lowest BCUT2D eigenvalue weighted by Crippen LogP contribution is -2.36. The molecule has 0 aromatic rings. The van der Waals surface area contributed by atoms with Crippen LogP contribution in [0.1, 0.15) is 19.8 Å². The van der Waals surface area contributed by atoms with E-state index in [4.69, 9.17) is 10.8 Å². The zero-order valence-corrected chi connectivity index (χ0v) is 10.4. The SMILES string of the molecule is CCCN(CCC(N)CO)CCN(C)C. The molecule has 1 atom stereocenters. The van der Waals surface area contributed by atoms with Crippen LogP contribution >= 0.6 is 0 Å². The number of nitrogens with two attached hydrogens (primary N) is 1. The van der Waals surface area contributed by atoms with E-state index in [2.05, 4.69) is 30.8 Å². The van der Waals surface area contributed by atoms with Gasteiger partial charge in [-0.15, -0.1) is 0 Å². The summed E-state index contributed by atoms with van der Waals surface area (Å²) >= 11 is 0. The predicted molar refractivity (Wildman–Crippen MR) is 65.0 cm³/mol. The van der Waals surface area contributed by atoms with Crippen molar-refractivity contribution in [3.8, 4) is 0 Å². The van der Waals surface area contributed by atoms with Crippen LogP contribution in [0.5, 0.6) is 0 Å². The Hall–Kier alpha value is -0.160. The van der Waals surface area contributed by atoms with Gasteiger partial charge in [0.1, 0.15) is 0 Å². The van der Waals surface area contributed by atoms with Gasteiger partial charge in [-0.1, -0.05) is 6.92 Å². The van der Waals surface area contributed by atoms with Crippen molar-refractivity contribution in [3.05, 3.63) is 0 Å². The lowest BCUT2D eigenvalue weighted by Gasteiger charge is -2.24. The van der Waals surface area contributed by atoms with E-state index in [1.54, 1.807) is 0 Å². The average Bonchev–Trinajstić information content (AvgIpc) is 2.21. The molecule has 4 heteroatoms. The molecule has 15 heavy (non-hydrogen) atoms. The van der Waals surface area contributed by atoms with Gasteiger partial charge in [-0.05, 0) is 40.0 Å². The smallest absolute Gasteiger partial charge is 0.0583 e. The quantitative estimate of drug-likeness (QED) is 0.569. The minimum Gasteiger partial charge on any atom is -0.395 e. The molecule has 0 radical (unpaired) electrons. The Bertz CT molecular complexity index is 142. The molecule has 0 aliphatic carbocycles. The Morgan fingerprint density at radius 2 is 1.80 bits per heavy atom. The average molecular weight is 217 g/mol. The summed E-state index contributed by atoms with van der Waals surface area (Å²) in [5.74, 6) is 0. The summed E-state index contributed by atoms with van der Waals surface area (Å²) in [6, 6.07) is -0.0660. The molecule has 0 bridgehead atoms. The van der Waals surface area contributed by atoms with Crippen LogP contribution in [0.2, 0.25) is 0 Å². The fourth-order valence-electron chi connectivity index (χ4n) is 1.43. The summed E-state index contributed by atoms with van der Waals surface area (Å²) in [7, 11) is 4.17. The molecule has 0 spiro atoms. The molecule has 0 amide bonds. The van der Waals surface area contributed by atoms with Gasteiger partial charge in [0.15, 0.2) is 0 Å². The Morgan fingerprint density at radius 1 is 1.13 bits per heavy atom. The molecule has 4 nitrogen and oxygen atoms in total. The van der Waals surface area contributed by atoms with Crippen molar-refractivity contribution in [2.45, 2.75) is 25.8 Å². The molecule has 92 valence electrons. The van der Waals surface area contributed by atoms with Crippen LogP contribution < -0.4 is 5.73 Å². The van der Waals surface area contributed by atoms with Gasteiger partial charge in [0.05, 0.1) is 6.61 Å². The number of rotatable bonds is 9. The molecular weight excluding hydrogens is 190 g/mol. The third-order valence-corrected chi connectivity index (χ3v) is 2.45. The molecule has 3 N–H and O–H groups in total. The summed E-state index contributed by atoms with van der Waals surface area (Å²) in [5.41, 5.74) is 5.69. The van der Waals surface area contributed by atoms with E-state index in [1.807, 2.05) is 0 Å². The van der Waals surface area contributed by atoms with E-state index in [9.17, 15) is 0 Å². The topological polar surface area (TPSA) is 52.7 Å². The molecular formula is C11H27N3O. The highest BCUT2D eigenvalue weighted by atomic mass is 16.3. The zero-order valence-electron chi connectivity index (χ0n) is 10.4. The van der Waals surface area contributed by atoms with Crippen molar-refractivity contribution >= 4 is 0 Å². The van der Waals surface area contributed by atoms with Gasteiger partial charge in [0.25, 0.3) is 0 Å². The normalized spacial score (nSPS) is 13.8. The maximum absolute atomic E-state index is 8.84. The van der Waals surface area contributed by atoms with Crippen LogP contribution in [0.25, 0.3) is 0 Å². The summed E-state index contributed by atoms with van der Waals surface area (Å²) in [4.78, 5) is 4.60. The van der Waals surface area contributed by atoms with Gasteiger partial charge in [-0.3, -0.25) is 0 Å². The van der Waals surface area contributed by atoms with Crippen LogP contribution in [0.15, 0.2) is 0 Å². The van der Waals surface area contributed by atoms with Gasteiger partial charge < -0.3 is 20.6 Å². The Labute approximate surface area is 94.0 Å². The first-order valence-corrected chi connectivity index (χ1v) is 5.83. The van der Waals surface area contributed by atoms with Crippen LogP contribution in [0.3, 0.4) is 0 Å². The van der Waals surface area contributed by atoms with Gasteiger partial charge in [-0.2, -0.15) is 0 Å². The highest BCUT2D eigenvalue weighted by Crippen LogP contribution is 1.97. The van der Waals surface area contributed by atoms with E-state index in [1.165, 1.54) is 6.42 Å². The minimum absolute atomic E-state index is 0.0660. The number of aliphatic hydroxyl groups is 1. The first-order valence-electron chi connectivity index (χ1n) is 5.83. The number of likely N-dealkylation sites (N-methyl/N-ethyl adjacent to an activating group) is 1. The van der Waals surface area contributed by atoms with Gasteiger partial charge in [0.2, 0.25) is 0 Å². The second-order valence-corrected chi connectivity index (χ2v) is 4.38. The number of hydrogen-bond acceptors (Lipinski definition) is 4. The van der Waals surface area contributed by atoms with Gasteiger partial charge in [0, 0.05) is 19.1 Å². The van der Waals surface area contributed by atoms with Crippen molar-refractivity contribution in [3.63, 3.8) is 0 Å². The lowest BCUT2D eigenvalue weighted by atomic mass is 10.2. The highest BCUT2D eigenvalue weighted by molar-refractivity contribution is 4.65. The Morgan fingerprint density at radius 3 is 2.27 bits per heavy atom. The number of aliphatic hydroxyl groups excluding tert-OH is 1. The Kier molecular flexibility index (Phi) is 9.00. The standard InChI is InChI=1S/C11H27N3O/c1-4-6-14(9-8-13(2)3)7-5-11(12)10-15/h11,15H,4-10,12H2,1-3H3. The third-order valence-electron chi connectivity index (χ3n) is 2.45. The van der Waals surface area contributed by atoms with Crippen LogP contribution in [-0.2, 0) is 0 Å². The van der Waals surface area contributed by atoms with Crippen LogP contribution in [0.4, 0.5) is 0 Å². The molecule has 0 aliphatic rings. The van der Waals surface area contributed by atoms with E-state index >= 15 is 0 Å². The lowest BCUT2D eigenvalue weighted by molar-refractivity contribution is 0.210. The van der Waals surface area contributed by atoms with E-state index < -0.39 is 0 Å². The summed E-state index contributed by atoms with van der Waals surface area (Å²) < 4.78 is 0. The fraction of sp³-hybridized carbons (Fsp3) is 1.00. The van der Waals surface area contributed by atoms with Gasteiger partial charge >= 0.3 is 0 Å². The molecule has 0 aromatic heterocycles. The first kappa shape index (κ1) is 14.8. The molecule has 0 aromatic carbocycles. The summed E-state index contributed by atoms with van der Waals surface area (Å²) in [6.07, 6.45) is 2.05. The van der Waals surface area contributed by atoms with Gasteiger partial charge in [-0.25, -0.2) is 0 Å². The molecule has 0 saturated heterocycles. The molecule has 0 fully saturated rings. The maximum Gasteiger partial charge on any atom is 0.0583 e. The second kappa shape index (κ2) is 9.09. The maximum atomic E-state index is 8.84. The first-order chi connectivity index (χ1) is 7.10. The monoisotopic (exact) mass is 217 g/mol. The van der Waals surface area contributed by atoms with Crippen molar-refractivity contribution in [2.75, 3.05) is 46.9 Å². The van der Waals surface area contributed by atoms with Crippen LogP contribution in [0, 0.1) is 0 Å². The molecule has 1 unspecified atom stereocenters. The molecule has 0 rings (SSSR count). The van der Waals surface area contributed by atoms with Crippen molar-refractivity contribution in [2.24, 2.45) is 5.73 Å². The van der Waals surface area contributed by atoms with E-state index in [0.717, 1.165) is 32.6 Å². The van der Waals surface area contributed by atoms with Crippen molar-refractivity contribution in [1.29, 1.82) is 0 Å².